The molecule has 0 rings (SSSR count). The van der Waals surface area contributed by atoms with E-state index in [-0.39, 0.29) is 24.8 Å². The summed E-state index contributed by atoms with van der Waals surface area (Å²) in [6.45, 7) is 2.33. The first-order valence-electron chi connectivity index (χ1n) is 5.00. The van der Waals surface area contributed by atoms with Crippen LogP contribution in [0.1, 0.15) is 19.8 Å². The van der Waals surface area contributed by atoms with Gasteiger partial charge in [-0.3, -0.25) is 14.9 Å². The van der Waals surface area contributed by atoms with Crippen molar-refractivity contribution >= 4 is 29.4 Å². The van der Waals surface area contributed by atoms with Crippen LogP contribution in [0.2, 0.25) is 0 Å². The predicted molar refractivity (Wildman–Crippen MR) is 60.2 cm³/mol. The van der Waals surface area contributed by atoms with Gasteiger partial charge in [0.05, 0.1) is 6.54 Å². The molecule has 16 heavy (non-hydrogen) atoms. The summed E-state index contributed by atoms with van der Waals surface area (Å²) >= 11 is 5.31. The van der Waals surface area contributed by atoms with Crippen molar-refractivity contribution in [2.24, 2.45) is 0 Å². The highest BCUT2D eigenvalue weighted by molar-refractivity contribution is 6.19. The molecule has 0 atom stereocenters. The number of imide groups is 1. The lowest BCUT2D eigenvalue weighted by Crippen LogP contribution is -2.44. The van der Waals surface area contributed by atoms with Crippen LogP contribution in [0, 0.1) is 0 Å². The van der Waals surface area contributed by atoms with E-state index >= 15 is 0 Å². The van der Waals surface area contributed by atoms with Crippen LogP contribution in [0.25, 0.3) is 0 Å². The molecule has 0 aliphatic rings. The molecule has 92 valence electrons. The second-order valence-electron chi connectivity index (χ2n) is 3.02. The molecule has 0 bridgehead atoms. The number of urea groups is 1. The van der Waals surface area contributed by atoms with Crippen LogP contribution >= 0.6 is 11.6 Å². The predicted octanol–water partition coefficient (Wildman–Crippen LogP) is -0.0327. The fourth-order valence-corrected chi connectivity index (χ4v) is 0.978. The van der Waals surface area contributed by atoms with Gasteiger partial charge in [-0.2, -0.15) is 0 Å². The Morgan fingerprint density at radius 1 is 1.12 bits per heavy atom. The first kappa shape index (κ1) is 14.7. The van der Waals surface area contributed by atoms with E-state index in [0.717, 1.165) is 6.42 Å². The minimum atomic E-state index is -0.693. The van der Waals surface area contributed by atoms with Crippen LogP contribution in [-0.2, 0) is 9.59 Å². The standard InChI is InChI=1S/C9H16ClN3O3/c1-2-5-11-8(15)6-12-9(16)13-7(14)3-4-10/h2-6H2,1H3,(H,11,15)(H2,12,13,14,16). The molecule has 0 aromatic rings. The van der Waals surface area contributed by atoms with Gasteiger partial charge in [0.1, 0.15) is 0 Å². The normalized spacial score (nSPS) is 9.38. The van der Waals surface area contributed by atoms with Gasteiger partial charge in [0.2, 0.25) is 11.8 Å². The van der Waals surface area contributed by atoms with Crippen molar-refractivity contribution in [2.45, 2.75) is 19.8 Å². The van der Waals surface area contributed by atoms with E-state index in [1.54, 1.807) is 0 Å². The molecule has 3 N–H and O–H groups in total. The fourth-order valence-electron chi connectivity index (χ4n) is 0.807. The van der Waals surface area contributed by atoms with Gasteiger partial charge in [-0.05, 0) is 6.42 Å². The summed E-state index contributed by atoms with van der Waals surface area (Å²) in [5.41, 5.74) is 0. The van der Waals surface area contributed by atoms with Gasteiger partial charge in [-0.1, -0.05) is 6.92 Å². The number of rotatable bonds is 6. The third-order valence-electron chi connectivity index (χ3n) is 1.56. The molecule has 0 aliphatic carbocycles. The highest BCUT2D eigenvalue weighted by Gasteiger charge is 2.07. The van der Waals surface area contributed by atoms with Crippen molar-refractivity contribution in [1.82, 2.24) is 16.0 Å². The monoisotopic (exact) mass is 249 g/mol. The van der Waals surface area contributed by atoms with E-state index in [9.17, 15) is 14.4 Å². The van der Waals surface area contributed by atoms with Gasteiger partial charge in [0, 0.05) is 18.8 Å². The topological polar surface area (TPSA) is 87.3 Å². The van der Waals surface area contributed by atoms with Gasteiger partial charge in [-0.15, -0.1) is 11.6 Å². The summed E-state index contributed by atoms with van der Waals surface area (Å²) in [4.78, 5) is 33.0. The van der Waals surface area contributed by atoms with Crippen LogP contribution in [0.3, 0.4) is 0 Å². The van der Waals surface area contributed by atoms with Gasteiger partial charge in [-0.25, -0.2) is 4.79 Å². The zero-order valence-electron chi connectivity index (χ0n) is 9.14. The Morgan fingerprint density at radius 3 is 2.38 bits per heavy atom. The molecule has 0 unspecified atom stereocenters. The molecule has 6 nitrogen and oxygen atoms in total. The number of nitrogens with one attached hydrogen (secondary N) is 3. The number of hydrogen-bond acceptors (Lipinski definition) is 3. The minimum absolute atomic E-state index is 0.0665. The lowest BCUT2D eigenvalue weighted by Gasteiger charge is -2.06. The summed E-state index contributed by atoms with van der Waals surface area (Å²) < 4.78 is 0. The Kier molecular flexibility index (Phi) is 8.24. The zero-order chi connectivity index (χ0) is 12.4. The van der Waals surface area contributed by atoms with E-state index < -0.39 is 11.9 Å². The maximum Gasteiger partial charge on any atom is 0.321 e. The van der Waals surface area contributed by atoms with Crippen molar-refractivity contribution in [2.75, 3.05) is 19.0 Å². The van der Waals surface area contributed by atoms with E-state index in [4.69, 9.17) is 11.6 Å². The first-order chi connectivity index (χ1) is 7.60. The third kappa shape index (κ3) is 8.05. The Morgan fingerprint density at radius 2 is 1.81 bits per heavy atom. The maximum atomic E-state index is 11.1. The van der Waals surface area contributed by atoms with Crippen LogP contribution in [-0.4, -0.2) is 36.8 Å². The molecule has 0 aromatic heterocycles. The van der Waals surface area contributed by atoms with Crippen LogP contribution in [0.4, 0.5) is 4.79 Å². The highest BCUT2D eigenvalue weighted by Crippen LogP contribution is 1.83. The average Bonchev–Trinajstić information content (AvgIpc) is 2.23. The van der Waals surface area contributed by atoms with E-state index in [0.29, 0.717) is 6.54 Å². The number of amides is 4. The molecule has 0 saturated carbocycles. The Hall–Kier alpha value is -1.30. The molecule has 0 aromatic carbocycles. The highest BCUT2D eigenvalue weighted by atomic mass is 35.5. The average molecular weight is 250 g/mol. The van der Waals surface area contributed by atoms with Crippen LogP contribution in [0.5, 0.6) is 0 Å². The summed E-state index contributed by atoms with van der Waals surface area (Å²) in [6.07, 6.45) is 0.892. The molecule has 0 saturated heterocycles. The van der Waals surface area contributed by atoms with Gasteiger partial charge in [0.25, 0.3) is 0 Å². The Labute approximate surface area is 99.1 Å². The lowest BCUT2D eigenvalue weighted by molar-refractivity contribution is -0.121. The molecular formula is C9H16ClN3O3. The Balaban J connectivity index is 3.64. The minimum Gasteiger partial charge on any atom is -0.355 e. The van der Waals surface area contributed by atoms with E-state index in [2.05, 4.69) is 10.6 Å². The van der Waals surface area contributed by atoms with Crippen molar-refractivity contribution in [1.29, 1.82) is 0 Å². The summed E-state index contributed by atoms with van der Waals surface area (Å²) in [7, 11) is 0. The quantitative estimate of drug-likeness (QED) is 0.578. The number of halogens is 1. The summed E-state index contributed by atoms with van der Waals surface area (Å²) in [5.74, 6) is -0.612. The van der Waals surface area contributed by atoms with E-state index in [1.165, 1.54) is 0 Å². The third-order valence-corrected chi connectivity index (χ3v) is 1.75. The second-order valence-corrected chi connectivity index (χ2v) is 3.40. The number of carbonyl (C=O) groups is 3. The maximum absolute atomic E-state index is 11.1. The molecule has 4 amide bonds. The van der Waals surface area contributed by atoms with Crippen LogP contribution < -0.4 is 16.0 Å². The molecule has 0 radical (unpaired) electrons. The van der Waals surface area contributed by atoms with Gasteiger partial charge in [0.15, 0.2) is 0 Å². The van der Waals surface area contributed by atoms with Crippen molar-refractivity contribution in [3.05, 3.63) is 0 Å². The number of carbonyl (C=O) groups excluding carboxylic acids is 3. The molecule has 0 aliphatic heterocycles. The number of hydrogen-bond donors (Lipinski definition) is 3. The van der Waals surface area contributed by atoms with Gasteiger partial charge < -0.3 is 10.6 Å². The van der Waals surface area contributed by atoms with Crippen molar-refractivity contribution < 1.29 is 14.4 Å². The van der Waals surface area contributed by atoms with Crippen LogP contribution in [0.15, 0.2) is 0 Å². The molecule has 7 heteroatoms. The first-order valence-corrected chi connectivity index (χ1v) is 5.54. The molecule has 0 heterocycles. The Bertz CT molecular complexity index is 258. The molecule has 0 fully saturated rings. The fraction of sp³-hybridized carbons (Fsp3) is 0.667. The van der Waals surface area contributed by atoms with Crippen molar-refractivity contribution in [3.63, 3.8) is 0 Å². The zero-order valence-corrected chi connectivity index (χ0v) is 9.89. The lowest BCUT2D eigenvalue weighted by atomic mass is 10.4. The summed E-state index contributed by atoms with van der Waals surface area (Å²) in [5, 5.41) is 6.87. The second kappa shape index (κ2) is 8.96. The summed E-state index contributed by atoms with van der Waals surface area (Å²) in [6, 6.07) is -0.693. The molecule has 0 spiro atoms. The molecular weight excluding hydrogens is 234 g/mol. The van der Waals surface area contributed by atoms with Crippen molar-refractivity contribution in [3.8, 4) is 0 Å². The number of alkyl halides is 1. The van der Waals surface area contributed by atoms with E-state index in [1.807, 2.05) is 12.2 Å². The largest absolute Gasteiger partial charge is 0.355 e. The SMILES string of the molecule is CCCNC(=O)CNC(=O)NC(=O)CCCl. The van der Waals surface area contributed by atoms with Gasteiger partial charge >= 0.3 is 6.03 Å². The smallest absolute Gasteiger partial charge is 0.321 e.